The van der Waals surface area contributed by atoms with Crippen LogP contribution in [0.4, 0.5) is 4.79 Å². The van der Waals surface area contributed by atoms with Crippen LogP contribution in [0.25, 0.3) is 0 Å². The minimum atomic E-state index is -3.77. The molecule has 6 nitrogen and oxygen atoms in total. The highest BCUT2D eigenvalue weighted by molar-refractivity contribution is 9.10. The minimum Gasteiger partial charge on any atom is -0.465 e. The molecule has 0 aliphatic carbocycles. The number of aromatic nitrogens is 1. The fourth-order valence-corrected chi connectivity index (χ4v) is 5.80. The maximum atomic E-state index is 13.1. The Kier molecular flexibility index (Phi) is 6.66. The van der Waals surface area contributed by atoms with Crippen molar-refractivity contribution in [3.63, 3.8) is 0 Å². The molecule has 8 heteroatoms. The number of benzene rings is 1. The van der Waals surface area contributed by atoms with Crippen molar-refractivity contribution in [1.29, 1.82) is 0 Å². The van der Waals surface area contributed by atoms with Crippen LogP contribution in [0.15, 0.2) is 46.0 Å². The van der Waals surface area contributed by atoms with Gasteiger partial charge in [-0.2, -0.15) is 0 Å². The average Bonchev–Trinajstić information content (AvgIpc) is 2.91. The van der Waals surface area contributed by atoms with Gasteiger partial charge in [-0.25, -0.2) is 17.2 Å². The quantitative estimate of drug-likeness (QED) is 0.632. The van der Waals surface area contributed by atoms with E-state index in [9.17, 15) is 18.3 Å². The van der Waals surface area contributed by atoms with Gasteiger partial charge in [0.2, 0.25) is 0 Å². The number of rotatable bonds is 6. The van der Waals surface area contributed by atoms with Gasteiger partial charge >= 0.3 is 6.09 Å². The van der Waals surface area contributed by atoms with E-state index in [1.54, 1.807) is 36.5 Å². The third kappa shape index (κ3) is 4.78. The van der Waals surface area contributed by atoms with Crippen molar-refractivity contribution in [3.05, 3.63) is 52.3 Å². The van der Waals surface area contributed by atoms with Gasteiger partial charge in [-0.1, -0.05) is 52.8 Å². The van der Waals surface area contributed by atoms with Crippen molar-refractivity contribution in [2.24, 2.45) is 5.41 Å². The summed E-state index contributed by atoms with van der Waals surface area (Å²) in [6, 6.07) is 7.87. The van der Waals surface area contributed by atoms with E-state index in [1.165, 1.54) is 3.97 Å². The lowest BCUT2D eigenvalue weighted by atomic mass is 9.82. The monoisotopic (exact) mass is 470 g/mol. The summed E-state index contributed by atoms with van der Waals surface area (Å²) >= 11 is 3.47. The Bertz CT molecular complexity index is 945. The van der Waals surface area contributed by atoms with Gasteiger partial charge in [0.15, 0.2) is 0 Å². The van der Waals surface area contributed by atoms with E-state index in [0.717, 1.165) is 11.1 Å². The molecule has 0 fully saturated rings. The summed E-state index contributed by atoms with van der Waals surface area (Å²) in [6.07, 6.45) is 0.893. The second-order valence-corrected chi connectivity index (χ2v) is 10.8. The highest BCUT2D eigenvalue weighted by Gasteiger charge is 2.31. The molecule has 0 aliphatic heterocycles. The number of carboxylic acid groups (broad SMARTS) is 1. The predicted octanol–water partition coefficient (Wildman–Crippen LogP) is 4.84. The largest absolute Gasteiger partial charge is 0.465 e. The first-order valence-corrected chi connectivity index (χ1v) is 11.3. The summed E-state index contributed by atoms with van der Waals surface area (Å²) in [4.78, 5) is 11.5. The van der Waals surface area contributed by atoms with Crippen molar-refractivity contribution in [2.75, 3.05) is 0 Å². The standard InChI is InChI=1S/C20H27BrN2O4S/c1-13(2)17-14(11-16(20(3,4)5)22-19(24)25)12-23(18(17)21)28(26,27)15-9-7-6-8-10-15/h6-10,12-13,16,22H,11H2,1-5H3,(H,24,25). The summed E-state index contributed by atoms with van der Waals surface area (Å²) in [7, 11) is -3.77. The Morgan fingerprint density at radius 2 is 1.79 bits per heavy atom. The van der Waals surface area contributed by atoms with Crippen LogP contribution >= 0.6 is 15.9 Å². The first kappa shape index (κ1) is 22.5. The van der Waals surface area contributed by atoms with Gasteiger partial charge in [-0.3, -0.25) is 0 Å². The summed E-state index contributed by atoms with van der Waals surface area (Å²) in [5.74, 6) is 0.0574. The van der Waals surface area contributed by atoms with E-state index in [-0.39, 0.29) is 22.3 Å². The van der Waals surface area contributed by atoms with Gasteiger partial charge in [-0.15, -0.1) is 0 Å². The molecule has 2 rings (SSSR count). The Morgan fingerprint density at radius 1 is 1.21 bits per heavy atom. The maximum Gasteiger partial charge on any atom is 0.404 e. The number of halogens is 1. The lowest BCUT2D eigenvalue weighted by Gasteiger charge is -2.31. The topological polar surface area (TPSA) is 88.4 Å². The number of amides is 1. The lowest BCUT2D eigenvalue weighted by Crippen LogP contribution is -2.44. The number of hydrogen-bond acceptors (Lipinski definition) is 3. The van der Waals surface area contributed by atoms with E-state index in [0.29, 0.717) is 11.0 Å². The second-order valence-electron chi connectivity index (χ2n) is 8.20. The molecule has 0 saturated heterocycles. The fourth-order valence-electron chi connectivity index (χ4n) is 3.11. The predicted molar refractivity (Wildman–Crippen MR) is 113 cm³/mol. The molecule has 2 N–H and O–H groups in total. The first-order valence-electron chi connectivity index (χ1n) is 9.05. The molecule has 1 aromatic heterocycles. The molecule has 28 heavy (non-hydrogen) atoms. The van der Waals surface area contributed by atoms with E-state index in [4.69, 9.17) is 0 Å². The minimum absolute atomic E-state index is 0.0574. The van der Waals surface area contributed by atoms with E-state index in [1.807, 2.05) is 34.6 Å². The van der Waals surface area contributed by atoms with E-state index in [2.05, 4.69) is 21.2 Å². The van der Waals surface area contributed by atoms with Gasteiger partial charge in [0.1, 0.15) is 4.60 Å². The summed E-state index contributed by atoms with van der Waals surface area (Å²) < 4.78 is 28.0. The van der Waals surface area contributed by atoms with Crippen LogP contribution in [0.1, 0.15) is 51.7 Å². The molecule has 1 atom stereocenters. The zero-order chi connectivity index (χ0) is 21.3. The molecule has 0 saturated carbocycles. The fraction of sp³-hybridized carbons (Fsp3) is 0.450. The number of hydrogen-bond donors (Lipinski definition) is 2. The van der Waals surface area contributed by atoms with Crippen LogP contribution in [-0.2, 0) is 16.4 Å². The van der Waals surface area contributed by atoms with Crippen LogP contribution < -0.4 is 5.32 Å². The van der Waals surface area contributed by atoms with Crippen molar-refractivity contribution >= 4 is 32.0 Å². The SMILES string of the molecule is CC(C)c1c(CC(NC(=O)O)C(C)(C)C)cn(S(=O)(=O)c2ccccc2)c1Br. The van der Waals surface area contributed by atoms with Crippen molar-refractivity contribution in [1.82, 2.24) is 9.29 Å². The Hall–Kier alpha value is -1.80. The molecule has 1 unspecified atom stereocenters. The highest BCUT2D eigenvalue weighted by atomic mass is 79.9. The zero-order valence-electron chi connectivity index (χ0n) is 16.7. The molecule has 154 valence electrons. The molecule has 0 aliphatic rings. The second kappa shape index (κ2) is 8.29. The van der Waals surface area contributed by atoms with E-state index >= 15 is 0 Å². The van der Waals surface area contributed by atoms with Crippen molar-refractivity contribution in [2.45, 2.75) is 57.9 Å². The van der Waals surface area contributed by atoms with Gasteiger partial charge in [0.25, 0.3) is 10.0 Å². The lowest BCUT2D eigenvalue weighted by molar-refractivity contribution is 0.174. The van der Waals surface area contributed by atoms with Gasteiger partial charge in [-0.05, 0) is 56.9 Å². The Morgan fingerprint density at radius 3 is 2.25 bits per heavy atom. The third-order valence-electron chi connectivity index (χ3n) is 4.68. The van der Waals surface area contributed by atoms with Gasteiger partial charge in [0, 0.05) is 12.2 Å². The van der Waals surface area contributed by atoms with Gasteiger partial charge < -0.3 is 10.4 Å². The molecule has 0 bridgehead atoms. The molecule has 2 aromatic rings. The smallest absolute Gasteiger partial charge is 0.404 e. The molecule has 1 aromatic carbocycles. The van der Waals surface area contributed by atoms with Crippen LogP contribution in [-0.4, -0.2) is 29.6 Å². The van der Waals surface area contributed by atoms with Crippen LogP contribution in [0.2, 0.25) is 0 Å². The average molecular weight is 471 g/mol. The summed E-state index contributed by atoms with van der Waals surface area (Å²) in [5, 5.41) is 11.8. The molecule has 1 amide bonds. The molecular formula is C20H27BrN2O4S. The van der Waals surface area contributed by atoms with Crippen LogP contribution in [0.3, 0.4) is 0 Å². The Labute approximate surface area is 175 Å². The van der Waals surface area contributed by atoms with Crippen molar-refractivity contribution in [3.8, 4) is 0 Å². The number of carbonyl (C=O) groups is 1. The third-order valence-corrected chi connectivity index (χ3v) is 7.40. The Balaban J connectivity index is 2.58. The highest BCUT2D eigenvalue weighted by Crippen LogP contribution is 2.35. The molecule has 1 heterocycles. The summed E-state index contributed by atoms with van der Waals surface area (Å²) in [5.41, 5.74) is 1.33. The summed E-state index contributed by atoms with van der Waals surface area (Å²) in [6.45, 7) is 9.83. The molecule has 0 spiro atoms. The molecule has 0 radical (unpaired) electrons. The molecular weight excluding hydrogens is 444 g/mol. The zero-order valence-corrected chi connectivity index (χ0v) is 19.1. The van der Waals surface area contributed by atoms with E-state index < -0.39 is 16.1 Å². The maximum absolute atomic E-state index is 13.1. The normalized spacial score (nSPS) is 13.5. The van der Waals surface area contributed by atoms with Crippen molar-refractivity contribution < 1.29 is 18.3 Å². The van der Waals surface area contributed by atoms with Crippen LogP contribution in [0.5, 0.6) is 0 Å². The number of nitrogens with one attached hydrogen (secondary N) is 1. The van der Waals surface area contributed by atoms with Crippen LogP contribution in [0, 0.1) is 5.41 Å². The first-order chi connectivity index (χ1) is 12.9. The van der Waals surface area contributed by atoms with Gasteiger partial charge in [0.05, 0.1) is 4.90 Å². The number of nitrogens with zero attached hydrogens (tertiary/aromatic N) is 1.